The normalized spacial score (nSPS) is 21.0. The monoisotopic (exact) mass is 320 g/mol. The summed E-state index contributed by atoms with van der Waals surface area (Å²) in [5.74, 6) is -0.00783. The molecule has 0 spiro atoms. The summed E-state index contributed by atoms with van der Waals surface area (Å²) in [4.78, 5) is 6.99. The van der Waals surface area contributed by atoms with E-state index < -0.39 is 5.79 Å². The van der Waals surface area contributed by atoms with E-state index in [0.29, 0.717) is 5.02 Å². The second-order valence-electron chi connectivity index (χ2n) is 5.46. The molecular weight excluding hydrogens is 296 g/mol. The zero-order chi connectivity index (χ0) is 16.2. The van der Waals surface area contributed by atoms with E-state index in [-0.39, 0.29) is 0 Å². The number of benzene rings is 1. The van der Waals surface area contributed by atoms with Gasteiger partial charge in [-0.2, -0.15) is 0 Å². The van der Waals surface area contributed by atoms with E-state index >= 15 is 0 Å². The Morgan fingerprint density at radius 1 is 1.18 bits per heavy atom. The van der Waals surface area contributed by atoms with Crippen LogP contribution in [-0.2, 0) is 5.79 Å². The number of nitrogens with two attached hydrogens (primary N) is 1. The molecule has 0 radical (unpaired) electrons. The van der Waals surface area contributed by atoms with Gasteiger partial charge in [0.05, 0.1) is 0 Å². The topological polar surface area (TPSA) is 53.6 Å². The van der Waals surface area contributed by atoms with E-state index in [2.05, 4.69) is 37.1 Å². The van der Waals surface area contributed by atoms with Gasteiger partial charge < -0.3 is 10.2 Å². The Morgan fingerprint density at radius 3 is 2.36 bits per heavy atom. The Hall–Kier alpha value is -1.52. The lowest BCUT2D eigenvalue weighted by molar-refractivity contribution is 0.367. The average molecular weight is 321 g/mol. The quantitative estimate of drug-likeness (QED) is 0.874. The lowest BCUT2D eigenvalue weighted by Crippen LogP contribution is -2.52. The Morgan fingerprint density at radius 2 is 1.82 bits per heavy atom. The third-order valence-electron chi connectivity index (χ3n) is 3.84. The van der Waals surface area contributed by atoms with Crippen molar-refractivity contribution in [2.45, 2.75) is 39.4 Å². The molecule has 3 N–H and O–H groups in total. The number of aliphatic imine (C=N–C) groups is 1. The third kappa shape index (κ3) is 3.62. The second kappa shape index (κ2) is 7.16. The Balaban J connectivity index is 2.42. The van der Waals surface area contributed by atoms with Gasteiger partial charge in [-0.05, 0) is 38.5 Å². The highest BCUT2D eigenvalue weighted by atomic mass is 35.5. The van der Waals surface area contributed by atoms with Crippen molar-refractivity contribution >= 4 is 17.4 Å². The smallest absolute Gasteiger partial charge is 0.211 e. The molecule has 1 unspecified atom stereocenters. The fourth-order valence-electron chi connectivity index (χ4n) is 2.63. The van der Waals surface area contributed by atoms with E-state index in [0.717, 1.165) is 43.0 Å². The number of amidine groups is 1. The van der Waals surface area contributed by atoms with Crippen LogP contribution in [0.25, 0.3) is 0 Å². The summed E-state index contributed by atoms with van der Waals surface area (Å²) < 4.78 is 0. The molecule has 22 heavy (non-hydrogen) atoms. The van der Waals surface area contributed by atoms with E-state index in [1.807, 2.05) is 24.3 Å². The number of nitrogens with one attached hydrogen (secondary N) is 1. The molecule has 1 aliphatic rings. The first kappa shape index (κ1) is 16.8. The lowest BCUT2D eigenvalue weighted by Gasteiger charge is -2.36. The molecule has 1 heterocycles. The van der Waals surface area contributed by atoms with Gasteiger partial charge in [-0.15, -0.1) is 0 Å². The van der Waals surface area contributed by atoms with Gasteiger partial charge in [0.1, 0.15) is 5.84 Å². The highest BCUT2D eigenvalue weighted by molar-refractivity contribution is 6.30. The first-order valence-electron chi connectivity index (χ1n) is 7.90. The van der Waals surface area contributed by atoms with E-state index in [9.17, 15) is 0 Å². The van der Waals surface area contributed by atoms with Gasteiger partial charge >= 0.3 is 0 Å². The SMILES string of the molecule is CCCC1=CC(N(CC)CC)=NC(N)(c2ccc(Cl)cc2)N1. The van der Waals surface area contributed by atoms with Gasteiger partial charge in [-0.1, -0.05) is 37.1 Å². The van der Waals surface area contributed by atoms with Gasteiger partial charge in [0, 0.05) is 29.4 Å². The molecule has 0 aliphatic carbocycles. The Labute approximate surface area is 138 Å². The Kier molecular flexibility index (Phi) is 5.48. The molecule has 1 aromatic rings. The van der Waals surface area contributed by atoms with Crippen molar-refractivity contribution in [2.24, 2.45) is 10.7 Å². The van der Waals surface area contributed by atoms with Crippen LogP contribution in [0.15, 0.2) is 41.0 Å². The molecule has 1 aliphatic heterocycles. The molecule has 0 amide bonds. The fourth-order valence-corrected chi connectivity index (χ4v) is 2.76. The highest BCUT2D eigenvalue weighted by Crippen LogP contribution is 2.25. The molecule has 0 aromatic heterocycles. The van der Waals surface area contributed by atoms with Crippen LogP contribution in [0.4, 0.5) is 0 Å². The summed E-state index contributed by atoms with van der Waals surface area (Å²) in [5.41, 5.74) is 8.61. The van der Waals surface area contributed by atoms with Crippen molar-refractivity contribution < 1.29 is 0 Å². The van der Waals surface area contributed by atoms with Crippen molar-refractivity contribution in [3.05, 3.63) is 46.6 Å². The molecule has 0 saturated heterocycles. The predicted molar refractivity (Wildman–Crippen MR) is 93.8 cm³/mol. The first-order chi connectivity index (χ1) is 10.5. The van der Waals surface area contributed by atoms with E-state index in [1.54, 1.807) is 0 Å². The molecular formula is C17H25ClN4. The molecule has 4 nitrogen and oxygen atoms in total. The summed E-state index contributed by atoms with van der Waals surface area (Å²) in [5, 5.41) is 4.08. The minimum Gasteiger partial charge on any atom is -0.357 e. The Bertz CT molecular complexity index is 561. The lowest BCUT2D eigenvalue weighted by atomic mass is 10.1. The van der Waals surface area contributed by atoms with E-state index in [1.165, 1.54) is 0 Å². The van der Waals surface area contributed by atoms with Crippen molar-refractivity contribution in [3.63, 3.8) is 0 Å². The van der Waals surface area contributed by atoms with Crippen molar-refractivity contribution in [3.8, 4) is 0 Å². The standard InChI is InChI=1S/C17H25ClN4/c1-4-7-15-12-16(22(5-2)6-3)21-17(19,20-15)13-8-10-14(18)11-9-13/h8-12,20H,4-7,19H2,1-3H3. The number of likely N-dealkylation sites (N-methyl/N-ethyl adjacent to an activating group) is 1. The highest BCUT2D eigenvalue weighted by Gasteiger charge is 2.31. The van der Waals surface area contributed by atoms with Gasteiger partial charge in [0.25, 0.3) is 0 Å². The maximum absolute atomic E-state index is 6.58. The number of hydrogen-bond acceptors (Lipinski definition) is 4. The van der Waals surface area contributed by atoms with Crippen LogP contribution in [-0.4, -0.2) is 23.8 Å². The van der Waals surface area contributed by atoms with Crippen LogP contribution in [0, 0.1) is 0 Å². The molecule has 1 aromatic carbocycles. The van der Waals surface area contributed by atoms with Gasteiger partial charge in [0.15, 0.2) is 0 Å². The maximum Gasteiger partial charge on any atom is 0.211 e. The molecule has 0 fully saturated rings. The summed E-state index contributed by atoms with van der Waals surface area (Å²) in [6.45, 7) is 8.22. The van der Waals surface area contributed by atoms with Crippen LogP contribution in [0.2, 0.25) is 5.02 Å². The van der Waals surface area contributed by atoms with E-state index in [4.69, 9.17) is 22.3 Å². The minimum atomic E-state index is -0.943. The second-order valence-corrected chi connectivity index (χ2v) is 5.90. The number of rotatable bonds is 5. The maximum atomic E-state index is 6.58. The third-order valence-corrected chi connectivity index (χ3v) is 4.09. The van der Waals surface area contributed by atoms with Gasteiger partial charge in [0.2, 0.25) is 5.79 Å². The average Bonchev–Trinajstić information content (AvgIpc) is 2.49. The van der Waals surface area contributed by atoms with Crippen LogP contribution < -0.4 is 11.1 Å². The first-order valence-corrected chi connectivity index (χ1v) is 8.28. The molecule has 0 saturated carbocycles. The van der Waals surface area contributed by atoms with Crippen molar-refractivity contribution in [2.75, 3.05) is 13.1 Å². The summed E-state index contributed by atoms with van der Waals surface area (Å²) in [6, 6.07) is 7.54. The van der Waals surface area contributed by atoms with Crippen LogP contribution in [0.1, 0.15) is 39.2 Å². The predicted octanol–water partition coefficient (Wildman–Crippen LogP) is 3.44. The van der Waals surface area contributed by atoms with Crippen LogP contribution >= 0.6 is 11.6 Å². The largest absolute Gasteiger partial charge is 0.357 e. The zero-order valence-electron chi connectivity index (χ0n) is 13.6. The number of halogens is 1. The summed E-state index contributed by atoms with van der Waals surface area (Å²) >= 11 is 5.98. The molecule has 2 rings (SSSR count). The number of allylic oxidation sites excluding steroid dienone is 1. The van der Waals surface area contributed by atoms with Gasteiger partial charge in [-0.25, -0.2) is 4.99 Å². The zero-order valence-corrected chi connectivity index (χ0v) is 14.3. The summed E-state index contributed by atoms with van der Waals surface area (Å²) in [7, 11) is 0. The molecule has 5 heteroatoms. The van der Waals surface area contributed by atoms with Crippen LogP contribution in [0.3, 0.4) is 0 Å². The molecule has 0 bridgehead atoms. The van der Waals surface area contributed by atoms with Gasteiger partial charge in [-0.3, -0.25) is 5.73 Å². The van der Waals surface area contributed by atoms with Crippen LogP contribution in [0.5, 0.6) is 0 Å². The molecule has 1 atom stereocenters. The number of nitrogens with zero attached hydrogens (tertiary/aromatic N) is 2. The molecule has 120 valence electrons. The fraction of sp³-hybridized carbons (Fsp3) is 0.471. The van der Waals surface area contributed by atoms with Crippen molar-refractivity contribution in [1.29, 1.82) is 0 Å². The minimum absolute atomic E-state index is 0.695. The summed E-state index contributed by atoms with van der Waals surface area (Å²) in [6.07, 6.45) is 4.12. The van der Waals surface area contributed by atoms with Crippen molar-refractivity contribution in [1.82, 2.24) is 10.2 Å². The number of hydrogen-bond donors (Lipinski definition) is 2.